The van der Waals surface area contributed by atoms with Crippen molar-refractivity contribution in [2.75, 3.05) is 50.8 Å². The fourth-order valence-electron chi connectivity index (χ4n) is 4.94. The first kappa shape index (κ1) is 27.2. The zero-order chi connectivity index (χ0) is 26.9. The number of aryl methyl sites for hydroxylation is 1. The van der Waals surface area contributed by atoms with Gasteiger partial charge in [-0.05, 0) is 86.4 Å². The molecule has 0 spiro atoms. The van der Waals surface area contributed by atoms with Crippen molar-refractivity contribution in [1.29, 1.82) is 5.26 Å². The predicted molar refractivity (Wildman–Crippen MR) is 152 cm³/mol. The molecule has 1 amide bonds. The van der Waals surface area contributed by atoms with Gasteiger partial charge in [-0.3, -0.25) is 4.79 Å². The van der Waals surface area contributed by atoms with E-state index in [0.717, 1.165) is 55.0 Å². The number of carbonyl (C=O) groups excluding carboxylic acids is 1. The Labute approximate surface area is 225 Å². The molecule has 3 aromatic carbocycles. The van der Waals surface area contributed by atoms with E-state index in [2.05, 4.69) is 40.6 Å². The highest BCUT2D eigenvalue weighted by molar-refractivity contribution is 5.95. The Morgan fingerprint density at radius 1 is 1.08 bits per heavy atom. The monoisotopic (exact) mass is 511 g/mol. The lowest BCUT2D eigenvalue weighted by atomic mass is 9.99. The van der Waals surface area contributed by atoms with Crippen LogP contribution in [-0.4, -0.2) is 56.7 Å². The number of para-hydroxylation sites is 1. The topological polar surface area (TPSA) is 94.6 Å². The molecule has 1 saturated heterocycles. The maximum absolute atomic E-state index is 13.2. The van der Waals surface area contributed by atoms with Crippen LogP contribution >= 0.6 is 0 Å². The van der Waals surface area contributed by atoms with Crippen LogP contribution in [0.1, 0.15) is 40.4 Å². The van der Waals surface area contributed by atoms with Gasteiger partial charge in [-0.1, -0.05) is 24.3 Å². The third-order valence-electron chi connectivity index (χ3n) is 6.81. The summed E-state index contributed by atoms with van der Waals surface area (Å²) in [5.74, 6) is 0.865. The summed E-state index contributed by atoms with van der Waals surface area (Å²) < 4.78 is 5.89. The van der Waals surface area contributed by atoms with Crippen molar-refractivity contribution in [2.24, 2.45) is 5.73 Å². The van der Waals surface area contributed by atoms with E-state index in [0.29, 0.717) is 37.4 Å². The molecule has 38 heavy (non-hydrogen) atoms. The van der Waals surface area contributed by atoms with E-state index in [1.807, 2.05) is 43.0 Å². The summed E-state index contributed by atoms with van der Waals surface area (Å²) in [4.78, 5) is 17.4. The number of anilines is 1. The molecule has 0 aliphatic carbocycles. The molecule has 198 valence electrons. The summed E-state index contributed by atoms with van der Waals surface area (Å²) in [6, 6.07) is 22.2. The first-order valence-electron chi connectivity index (χ1n) is 13.4. The molecule has 0 bridgehead atoms. The highest BCUT2D eigenvalue weighted by atomic mass is 16.5. The second-order valence-electron chi connectivity index (χ2n) is 9.57. The Morgan fingerprint density at radius 2 is 1.87 bits per heavy atom. The second-order valence-corrected chi connectivity index (χ2v) is 9.57. The van der Waals surface area contributed by atoms with Gasteiger partial charge < -0.3 is 25.6 Å². The number of amides is 1. The molecular formula is C31H37N5O2. The van der Waals surface area contributed by atoms with Crippen molar-refractivity contribution in [3.05, 3.63) is 82.9 Å². The van der Waals surface area contributed by atoms with Crippen molar-refractivity contribution in [3.8, 4) is 22.9 Å². The molecule has 0 atom stereocenters. The van der Waals surface area contributed by atoms with Crippen molar-refractivity contribution in [1.82, 2.24) is 10.2 Å². The Balaban J connectivity index is 1.53. The van der Waals surface area contributed by atoms with Crippen LogP contribution in [0.15, 0.2) is 60.7 Å². The van der Waals surface area contributed by atoms with E-state index >= 15 is 0 Å². The van der Waals surface area contributed by atoms with Crippen molar-refractivity contribution >= 4 is 11.6 Å². The van der Waals surface area contributed by atoms with E-state index in [9.17, 15) is 10.1 Å². The number of hydrogen-bond acceptors (Lipinski definition) is 6. The molecule has 1 aliphatic heterocycles. The van der Waals surface area contributed by atoms with Crippen LogP contribution in [0, 0.1) is 18.3 Å². The fourth-order valence-corrected chi connectivity index (χ4v) is 4.94. The van der Waals surface area contributed by atoms with E-state index in [-0.39, 0.29) is 5.91 Å². The van der Waals surface area contributed by atoms with Crippen LogP contribution in [0.4, 0.5) is 5.69 Å². The number of nitrogens with two attached hydrogens (primary N) is 1. The van der Waals surface area contributed by atoms with E-state index in [1.54, 1.807) is 12.1 Å². The van der Waals surface area contributed by atoms with Crippen molar-refractivity contribution < 1.29 is 9.53 Å². The summed E-state index contributed by atoms with van der Waals surface area (Å²) in [7, 11) is 0. The number of ether oxygens (including phenoxy) is 1. The Bertz CT molecular complexity index is 1290. The number of nitriles is 1. The molecular weight excluding hydrogens is 474 g/mol. The maximum atomic E-state index is 13.2. The third kappa shape index (κ3) is 6.52. The average Bonchev–Trinajstić information content (AvgIpc) is 2.95. The first-order chi connectivity index (χ1) is 18.5. The van der Waals surface area contributed by atoms with Crippen LogP contribution < -0.4 is 20.7 Å². The maximum Gasteiger partial charge on any atom is 0.254 e. The Hall–Kier alpha value is -3.86. The van der Waals surface area contributed by atoms with Gasteiger partial charge in [-0.2, -0.15) is 5.26 Å². The number of carbonyl (C=O) groups is 1. The molecule has 3 N–H and O–H groups in total. The van der Waals surface area contributed by atoms with Crippen LogP contribution in [0.25, 0.3) is 11.1 Å². The molecule has 0 saturated carbocycles. The van der Waals surface area contributed by atoms with Gasteiger partial charge in [-0.15, -0.1) is 0 Å². The number of rotatable bonds is 10. The number of nitrogens with zero attached hydrogens (tertiary/aromatic N) is 3. The highest BCUT2D eigenvalue weighted by Gasteiger charge is 2.24. The summed E-state index contributed by atoms with van der Waals surface area (Å²) in [6.45, 7) is 9.53. The third-order valence-corrected chi connectivity index (χ3v) is 6.81. The number of hydrogen-bond donors (Lipinski definition) is 2. The molecule has 3 aromatic rings. The average molecular weight is 512 g/mol. The lowest BCUT2D eigenvalue weighted by Crippen LogP contribution is -2.49. The standard InChI is InChI=1S/C31H37N5O2/c1-3-38-30-8-5-4-7-28(30)25-9-10-29(27(20-25)22-34-12-6-11-32)35-13-15-36(16-14-35)31(37)26-18-23(2)17-24(19-26)21-33/h4-5,7-10,17-20,34H,3,6,11-16,22,32H2,1-2H3. The highest BCUT2D eigenvalue weighted by Crippen LogP contribution is 2.34. The summed E-state index contributed by atoms with van der Waals surface area (Å²) in [6.07, 6.45) is 0.926. The summed E-state index contributed by atoms with van der Waals surface area (Å²) >= 11 is 0. The largest absolute Gasteiger partial charge is 0.493 e. The van der Waals surface area contributed by atoms with Gasteiger partial charge in [0.25, 0.3) is 5.91 Å². The van der Waals surface area contributed by atoms with Crippen LogP contribution in [-0.2, 0) is 6.54 Å². The SMILES string of the molecule is CCOc1ccccc1-c1ccc(N2CCN(C(=O)c3cc(C)cc(C#N)c3)CC2)c(CNCCCN)c1. The quantitative estimate of drug-likeness (QED) is 0.394. The zero-order valence-electron chi connectivity index (χ0n) is 22.4. The Morgan fingerprint density at radius 3 is 2.61 bits per heavy atom. The molecule has 4 rings (SSSR count). The normalized spacial score (nSPS) is 13.3. The smallest absolute Gasteiger partial charge is 0.254 e. The first-order valence-corrected chi connectivity index (χ1v) is 13.4. The molecule has 7 heteroatoms. The Kier molecular flexibility index (Phi) is 9.36. The van der Waals surface area contributed by atoms with Gasteiger partial charge >= 0.3 is 0 Å². The van der Waals surface area contributed by atoms with Crippen molar-refractivity contribution in [3.63, 3.8) is 0 Å². The molecule has 0 unspecified atom stereocenters. The lowest BCUT2D eigenvalue weighted by molar-refractivity contribution is 0.0746. The van der Waals surface area contributed by atoms with Crippen LogP contribution in [0.5, 0.6) is 5.75 Å². The number of piperazine rings is 1. The molecule has 1 heterocycles. The summed E-state index contributed by atoms with van der Waals surface area (Å²) in [5, 5.41) is 12.8. The molecule has 7 nitrogen and oxygen atoms in total. The molecule has 0 radical (unpaired) electrons. The summed E-state index contributed by atoms with van der Waals surface area (Å²) in [5.41, 5.74) is 12.3. The molecule has 1 fully saturated rings. The fraction of sp³-hybridized carbons (Fsp3) is 0.355. The van der Waals surface area contributed by atoms with E-state index < -0.39 is 0 Å². The second kappa shape index (κ2) is 13.1. The minimum absolute atomic E-state index is 0.0172. The van der Waals surface area contributed by atoms with Gasteiger partial charge in [0.05, 0.1) is 18.2 Å². The van der Waals surface area contributed by atoms with E-state index in [1.165, 1.54) is 11.3 Å². The van der Waals surface area contributed by atoms with Gasteiger partial charge in [-0.25, -0.2) is 0 Å². The minimum Gasteiger partial charge on any atom is -0.493 e. The van der Waals surface area contributed by atoms with Gasteiger partial charge in [0.2, 0.25) is 0 Å². The van der Waals surface area contributed by atoms with Gasteiger partial charge in [0.15, 0.2) is 0 Å². The van der Waals surface area contributed by atoms with Crippen LogP contribution in [0.3, 0.4) is 0 Å². The number of nitrogens with one attached hydrogen (secondary N) is 1. The van der Waals surface area contributed by atoms with Crippen molar-refractivity contribution in [2.45, 2.75) is 26.8 Å². The lowest BCUT2D eigenvalue weighted by Gasteiger charge is -2.37. The van der Waals surface area contributed by atoms with Crippen LogP contribution in [0.2, 0.25) is 0 Å². The van der Waals surface area contributed by atoms with E-state index in [4.69, 9.17) is 10.5 Å². The zero-order valence-corrected chi connectivity index (χ0v) is 22.4. The number of benzene rings is 3. The van der Waals surface area contributed by atoms with Gasteiger partial charge in [0, 0.05) is 49.5 Å². The molecule has 0 aromatic heterocycles. The van der Waals surface area contributed by atoms with Gasteiger partial charge in [0.1, 0.15) is 5.75 Å². The minimum atomic E-state index is -0.0172. The molecule has 1 aliphatic rings. The predicted octanol–water partition coefficient (Wildman–Crippen LogP) is 4.33.